The molecule has 0 saturated carbocycles. The van der Waals surface area contributed by atoms with Crippen LogP contribution in [-0.4, -0.2) is 44.5 Å². The number of nitrogens with zero attached hydrogens (tertiary/aromatic N) is 5. The first-order valence-corrected chi connectivity index (χ1v) is 11.8. The average molecular weight is 437 g/mol. The summed E-state index contributed by atoms with van der Waals surface area (Å²) in [6.45, 7) is 1.86. The lowest BCUT2D eigenvalue weighted by atomic mass is 9.83. The van der Waals surface area contributed by atoms with Gasteiger partial charge in [0.25, 0.3) is 0 Å². The smallest absolute Gasteiger partial charge is 0.187 e. The number of pyridine rings is 2. The third-order valence-electron chi connectivity index (χ3n) is 6.71. The van der Waals surface area contributed by atoms with Crippen LogP contribution < -0.4 is 10.2 Å². The van der Waals surface area contributed by atoms with Crippen molar-refractivity contribution in [3.05, 3.63) is 42.1 Å². The monoisotopic (exact) mass is 436 g/mol. The van der Waals surface area contributed by atoms with Crippen LogP contribution in [-0.2, 0) is 0 Å². The van der Waals surface area contributed by atoms with E-state index in [0.29, 0.717) is 23.8 Å². The van der Waals surface area contributed by atoms with Gasteiger partial charge < -0.3 is 14.6 Å². The van der Waals surface area contributed by atoms with Gasteiger partial charge >= 0.3 is 0 Å². The van der Waals surface area contributed by atoms with Gasteiger partial charge in [-0.2, -0.15) is 0 Å². The Balaban J connectivity index is 1.32. The zero-order valence-corrected chi connectivity index (χ0v) is 18.5. The largest absolute Gasteiger partial charge is 0.348 e. The predicted octanol–water partition coefficient (Wildman–Crippen LogP) is 4.56. The van der Waals surface area contributed by atoms with E-state index >= 15 is 0 Å². The van der Waals surface area contributed by atoms with Crippen LogP contribution in [0.3, 0.4) is 0 Å². The minimum atomic E-state index is -0.339. The quantitative estimate of drug-likeness (QED) is 0.510. The Morgan fingerprint density at radius 3 is 2.74 bits per heavy atom. The molecule has 2 bridgehead atoms. The molecule has 0 radical (unpaired) electrons. The molecule has 6 nitrogen and oxygen atoms in total. The molecule has 160 valence electrons. The number of aryl methyl sites for hydroxylation is 1. The minimum Gasteiger partial charge on any atom is -0.348 e. The van der Waals surface area contributed by atoms with Crippen LogP contribution in [0.2, 0.25) is 0 Å². The summed E-state index contributed by atoms with van der Waals surface area (Å²) in [7, 11) is 2.16. The first-order chi connectivity index (χ1) is 15.0. The van der Waals surface area contributed by atoms with Gasteiger partial charge in [-0.05, 0) is 50.8 Å². The average Bonchev–Trinajstić information content (AvgIpc) is 3.35. The Hall–Kier alpha value is -2.58. The number of fused-ring (bicyclic) bond motifs is 4. The van der Waals surface area contributed by atoms with Crippen LogP contribution in [0.25, 0.3) is 27.3 Å². The molecule has 0 spiro atoms. The van der Waals surface area contributed by atoms with Crippen molar-refractivity contribution in [3.63, 3.8) is 0 Å². The summed E-state index contributed by atoms with van der Waals surface area (Å²) >= 11 is 1.62. The first-order valence-electron chi connectivity index (χ1n) is 11.0. The summed E-state index contributed by atoms with van der Waals surface area (Å²) in [5.41, 5.74) is 3.50. The molecule has 2 fully saturated rings. The number of hydrogen-bond acceptors (Lipinski definition) is 6. The van der Waals surface area contributed by atoms with Crippen molar-refractivity contribution >= 4 is 32.5 Å². The second-order valence-corrected chi connectivity index (χ2v) is 9.89. The van der Waals surface area contributed by atoms with Crippen molar-refractivity contribution in [2.45, 2.75) is 57.2 Å². The second-order valence-electron chi connectivity index (χ2n) is 8.93. The second kappa shape index (κ2) is 7.24. The normalized spacial score (nSPS) is 23.5. The van der Waals surface area contributed by atoms with Crippen molar-refractivity contribution < 1.29 is 4.39 Å². The van der Waals surface area contributed by atoms with Crippen LogP contribution in [0.15, 0.2) is 30.6 Å². The Morgan fingerprint density at radius 2 is 1.94 bits per heavy atom. The summed E-state index contributed by atoms with van der Waals surface area (Å²) < 4.78 is 16.3. The van der Waals surface area contributed by atoms with E-state index in [1.165, 1.54) is 38.2 Å². The maximum absolute atomic E-state index is 14.5. The SMILES string of the molecule is Cc1cn2cc(-c3ccc4nc(N(C)C5CC6CCCC(C5)N6)sc4n3)cc(F)c2n1. The molecule has 2 aliphatic heterocycles. The van der Waals surface area contributed by atoms with Gasteiger partial charge in [0.1, 0.15) is 10.3 Å². The number of hydrogen-bond donors (Lipinski definition) is 1. The highest BCUT2D eigenvalue weighted by atomic mass is 32.1. The first kappa shape index (κ1) is 19.1. The van der Waals surface area contributed by atoms with Crippen molar-refractivity contribution in [1.82, 2.24) is 24.7 Å². The van der Waals surface area contributed by atoms with Crippen LogP contribution in [0.5, 0.6) is 0 Å². The van der Waals surface area contributed by atoms with Crippen LogP contribution in [0.4, 0.5) is 9.52 Å². The summed E-state index contributed by atoms with van der Waals surface area (Å²) in [4.78, 5) is 17.1. The topological polar surface area (TPSA) is 58.4 Å². The number of thiazole rings is 1. The highest BCUT2D eigenvalue weighted by Crippen LogP contribution is 2.34. The van der Waals surface area contributed by atoms with Crippen LogP contribution in [0, 0.1) is 12.7 Å². The van der Waals surface area contributed by atoms with E-state index in [9.17, 15) is 4.39 Å². The maximum Gasteiger partial charge on any atom is 0.187 e. The summed E-state index contributed by atoms with van der Waals surface area (Å²) in [6, 6.07) is 7.20. The van der Waals surface area contributed by atoms with Crippen molar-refractivity contribution in [2.24, 2.45) is 0 Å². The highest BCUT2D eigenvalue weighted by molar-refractivity contribution is 7.21. The molecule has 0 amide bonds. The molecule has 4 aromatic heterocycles. The van der Waals surface area contributed by atoms with Gasteiger partial charge in [-0.25, -0.2) is 19.3 Å². The molecule has 4 aromatic rings. The molecule has 2 aliphatic rings. The van der Waals surface area contributed by atoms with E-state index in [-0.39, 0.29) is 5.82 Å². The lowest BCUT2D eigenvalue weighted by Crippen LogP contribution is -2.54. The Morgan fingerprint density at radius 1 is 1.13 bits per heavy atom. The summed E-state index contributed by atoms with van der Waals surface area (Å²) in [6.07, 6.45) is 9.96. The van der Waals surface area contributed by atoms with Gasteiger partial charge in [0.15, 0.2) is 16.6 Å². The van der Waals surface area contributed by atoms with Gasteiger partial charge in [0, 0.05) is 43.1 Å². The van der Waals surface area contributed by atoms with Crippen LogP contribution in [0.1, 0.15) is 37.8 Å². The number of imidazole rings is 1. The van der Waals surface area contributed by atoms with Crippen molar-refractivity contribution in [3.8, 4) is 11.3 Å². The summed E-state index contributed by atoms with van der Waals surface area (Å²) in [5, 5.41) is 4.78. The molecular weight excluding hydrogens is 411 g/mol. The lowest BCUT2D eigenvalue weighted by Gasteiger charge is -2.43. The lowest BCUT2D eigenvalue weighted by molar-refractivity contribution is 0.219. The molecule has 6 heterocycles. The van der Waals surface area contributed by atoms with E-state index in [1.807, 2.05) is 31.5 Å². The van der Waals surface area contributed by atoms with Crippen molar-refractivity contribution in [1.29, 1.82) is 0 Å². The minimum absolute atomic E-state index is 0.339. The van der Waals surface area contributed by atoms with E-state index in [2.05, 4.69) is 22.2 Å². The highest BCUT2D eigenvalue weighted by Gasteiger charge is 2.33. The van der Waals surface area contributed by atoms with Gasteiger partial charge in [-0.15, -0.1) is 0 Å². The predicted molar refractivity (Wildman–Crippen MR) is 122 cm³/mol. The molecule has 2 saturated heterocycles. The van der Waals surface area contributed by atoms with Gasteiger partial charge in [0.05, 0.1) is 11.4 Å². The molecule has 0 aliphatic carbocycles. The third-order valence-corrected chi connectivity index (χ3v) is 7.76. The molecule has 1 N–H and O–H groups in total. The van der Waals surface area contributed by atoms with Gasteiger partial charge in [-0.3, -0.25) is 0 Å². The fourth-order valence-electron chi connectivity index (χ4n) is 5.14. The molecule has 31 heavy (non-hydrogen) atoms. The fraction of sp³-hybridized carbons (Fsp3) is 0.435. The number of nitrogens with one attached hydrogen (secondary N) is 1. The van der Waals surface area contributed by atoms with E-state index in [0.717, 1.165) is 32.4 Å². The number of anilines is 1. The Bertz CT molecular complexity index is 1270. The fourth-order valence-corrected chi connectivity index (χ4v) is 6.12. The van der Waals surface area contributed by atoms with Gasteiger partial charge in [-0.1, -0.05) is 17.8 Å². The molecule has 0 aromatic carbocycles. The molecule has 8 heteroatoms. The molecule has 6 rings (SSSR count). The van der Waals surface area contributed by atoms with Gasteiger partial charge in [0.2, 0.25) is 0 Å². The molecule has 2 atom stereocenters. The number of aromatic nitrogens is 4. The Kier molecular flexibility index (Phi) is 4.47. The summed E-state index contributed by atoms with van der Waals surface area (Å²) in [5.74, 6) is -0.339. The molecular formula is C23H25FN6S. The van der Waals surface area contributed by atoms with E-state index < -0.39 is 0 Å². The third kappa shape index (κ3) is 3.38. The van der Waals surface area contributed by atoms with Crippen molar-refractivity contribution in [2.75, 3.05) is 11.9 Å². The Labute approximate surface area is 184 Å². The zero-order chi connectivity index (χ0) is 21.1. The zero-order valence-electron chi connectivity index (χ0n) is 17.7. The van der Waals surface area contributed by atoms with E-state index in [1.54, 1.807) is 15.7 Å². The van der Waals surface area contributed by atoms with E-state index in [4.69, 9.17) is 9.97 Å². The maximum atomic E-state index is 14.5. The number of piperidine rings is 2. The molecule has 2 unspecified atom stereocenters. The standard InChI is InChI=1S/C23H25FN6S/c1-13-11-30-12-14(8-18(24)21(30)25-13)19-6-7-20-22(27-19)31-23(28-20)29(2)17-9-15-4-3-5-16(10-17)26-15/h6-8,11-12,15-17,26H,3-5,9-10H2,1-2H3. The number of rotatable bonds is 3. The number of halogens is 1. The van der Waals surface area contributed by atoms with Crippen LogP contribution >= 0.6 is 11.3 Å².